The van der Waals surface area contributed by atoms with Crippen LogP contribution in [-0.2, 0) is 10.8 Å². The van der Waals surface area contributed by atoms with Gasteiger partial charge in [0.05, 0.1) is 34.6 Å². The number of hydrogen-bond donors (Lipinski definition) is 1. The maximum atomic E-state index is 9.58. The molecule has 0 spiro atoms. The zero-order valence-electron chi connectivity index (χ0n) is 20.9. The van der Waals surface area contributed by atoms with Gasteiger partial charge in [-0.15, -0.1) is 0 Å². The van der Waals surface area contributed by atoms with Crippen LogP contribution in [0.25, 0.3) is 0 Å². The Morgan fingerprint density at radius 3 is 1.60 bits per heavy atom. The molecule has 0 aromatic heterocycles. The van der Waals surface area contributed by atoms with E-state index < -0.39 is 0 Å². The number of nitrogens with two attached hydrogens (primary N) is 1. The highest BCUT2D eigenvalue weighted by molar-refractivity contribution is 7.99. The lowest BCUT2D eigenvalue weighted by Crippen LogP contribution is -2.29. The molecule has 2 aliphatic heterocycles. The van der Waals surface area contributed by atoms with Gasteiger partial charge in [0, 0.05) is 6.04 Å². The summed E-state index contributed by atoms with van der Waals surface area (Å²) in [5, 5.41) is 28.0. The minimum atomic E-state index is -0.329. The number of aryl methyl sites for hydroxylation is 2. The smallest absolute Gasteiger partial charge is 0.0994 e. The van der Waals surface area contributed by atoms with Crippen molar-refractivity contribution in [2.45, 2.75) is 63.3 Å². The fourth-order valence-corrected chi connectivity index (χ4v) is 7.32. The van der Waals surface area contributed by atoms with Crippen LogP contribution in [-0.4, -0.2) is 23.0 Å². The Bertz CT molecular complexity index is 1150. The van der Waals surface area contributed by atoms with Gasteiger partial charge in [-0.05, 0) is 103 Å². The second kappa shape index (κ2) is 12.0. The molecule has 1 unspecified atom stereocenters. The van der Waals surface area contributed by atoms with Crippen LogP contribution in [0.5, 0.6) is 0 Å². The van der Waals surface area contributed by atoms with E-state index in [4.69, 9.17) is 11.0 Å². The fourth-order valence-electron chi connectivity index (χ4n) is 4.94. The van der Waals surface area contributed by atoms with Crippen LogP contribution in [0.4, 0.5) is 0 Å². The van der Waals surface area contributed by atoms with E-state index >= 15 is 0 Å². The minimum absolute atomic E-state index is 0.0546. The van der Waals surface area contributed by atoms with Crippen LogP contribution in [0.3, 0.4) is 0 Å². The first-order chi connectivity index (χ1) is 16.8. The SMILES string of the molecule is Cc1cc(C2(C#N)CCSCC2)ccc1C#N.Cc1cc(C2(C#N)CCSCC2)ccc1C(C)N. The zero-order chi connectivity index (χ0) is 25.5. The van der Waals surface area contributed by atoms with Crippen molar-refractivity contribution in [3.63, 3.8) is 0 Å². The Kier molecular flexibility index (Phi) is 9.32. The van der Waals surface area contributed by atoms with Gasteiger partial charge < -0.3 is 5.73 Å². The van der Waals surface area contributed by atoms with E-state index in [1.807, 2.05) is 55.6 Å². The van der Waals surface area contributed by atoms with E-state index in [1.165, 1.54) is 16.7 Å². The average molecular weight is 503 g/mol. The zero-order valence-corrected chi connectivity index (χ0v) is 22.6. The quantitative estimate of drug-likeness (QED) is 0.517. The van der Waals surface area contributed by atoms with Crippen LogP contribution < -0.4 is 5.73 Å². The van der Waals surface area contributed by atoms with Gasteiger partial charge in [0.2, 0.25) is 0 Å². The summed E-state index contributed by atoms with van der Waals surface area (Å²) in [7, 11) is 0. The lowest BCUT2D eigenvalue weighted by Gasteiger charge is -2.31. The molecule has 4 rings (SSSR count). The van der Waals surface area contributed by atoms with E-state index in [2.05, 4.69) is 43.3 Å². The van der Waals surface area contributed by atoms with Gasteiger partial charge in [-0.25, -0.2) is 0 Å². The fraction of sp³-hybridized carbons (Fsp3) is 0.483. The first-order valence-electron chi connectivity index (χ1n) is 12.2. The monoisotopic (exact) mass is 502 g/mol. The summed E-state index contributed by atoms with van der Waals surface area (Å²) in [6.45, 7) is 6.02. The largest absolute Gasteiger partial charge is 0.324 e. The Hall–Kier alpha value is -2.43. The highest BCUT2D eigenvalue weighted by Gasteiger charge is 2.35. The third-order valence-corrected chi connectivity index (χ3v) is 9.30. The van der Waals surface area contributed by atoms with Crippen LogP contribution in [0, 0.1) is 47.8 Å². The van der Waals surface area contributed by atoms with E-state index in [0.29, 0.717) is 5.56 Å². The molecule has 2 aromatic rings. The Morgan fingerprint density at radius 2 is 1.23 bits per heavy atom. The summed E-state index contributed by atoms with van der Waals surface area (Å²) in [6.07, 6.45) is 3.76. The van der Waals surface area contributed by atoms with Crippen molar-refractivity contribution in [1.82, 2.24) is 0 Å². The van der Waals surface area contributed by atoms with Gasteiger partial charge in [0.1, 0.15) is 0 Å². The highest BCUT2D eigenvalue weighted by atomic mass is 32.2. The number of nitrogens with zero attached hydrogens (tertiary/aromatic N) is 3. The molecule has 0 saturated carbocycles. The van der Waals surface area contributed by atoms with Gasteiger partial charge in [-0.1, -0.05) is 30.3 Å². The van der Waals surface area contributed by atoms with Crippen molar-refractivity contribution in [3.8, 4) is 18.2 Å². The van der Waals surface area contributed by atoms with Gasteiger partial charge in [-0.3, -0.25) is 0 Å². The number of hydrogen-bond acceptors (Lipinski definition) is 6. The third-order valence-electron chi connectivity index (χ3n) is 7.33. The van der Waals surface area contributed by atoms with Crippen molar-refractivity contribution >= 4 is 23.5 Å². The normalized spacial score (nSPS) is 19.1. The predicted molar refractivity (Wildman–Crippen MR) is 147 cm³/mol. The molecule has 182 valence electrons. The van der Waals surface area contributed by atoms with Crippen molar-refractivity contribution in [2.75, 3.05) is 23.0 Å². The summed E-state index contributed by atoms with van der Waals surface area (Å²) >= 11 is 3.86. The molecule has 0 amide bonds. The molecule has 35 heavy (non-hydrogen) atoms. The molecule has 2 aliphatic rings. The molecule has 2 N–H and O–H groups in total. The predicted octanol–water partition coefficient (Wildman–Crippen LogP) is 6.46. The molecule has 2 aromatic carbocycles. The Balaban J connectivity index is 0.000000196. The molecular weight excluding hydrogens is 468 g/mol. The molecule has 0 radical (unpaired) electrons. The van der Waals surface area contributed by atoms with Gasteiger partial charge >= 0.3 is 0 Å². The number of thioether (sulfide) groups is 2. The first-order valence-corrected chi connectivity index (χ1v) is 14.5. The van der Waals surface area contributed by atoms with E-state index in [-0.39, 0.29) is 16.9 Å². The van der Waals surface area contributed by atoms with Gasteiger partial charge in [0.15, 0.2) is 0 Å². The molecule has 2 saturated heterocycles. The van der Waals surface area contributed by atoms with Crippen molar-refractivity contribution in [2.24, 2.45) is 5.73 Å². The van der Waals surface area contributed by atoms with E-state index in [0.717, 1.165) is 59.8 Å². The number of benzene rings is 2. The molecule has 2 heterocycles. The molecule has 0 aliphatic carbocycles. The Morgan fingerprint density at radius 1 is 0.771 bits per heavy atom. The average Bonchev–Trinajstić information content (AvgIpc) is 2.89. The first kappa shape index (κ1) is 27.2. The van der Waals surface area contributed by atoms with Gasteiger partial charge in [-0.2, -0.15) is 39.3 Å². The van der Waals surface area contributed by atoms with E-state index in [9.17, 15) is 10.5 Å². The number of nitriles is 3. The molecular formula is C29H34N4S2. The second-order valence-electron chi connectivity index (χ2n) is 9.61. The molecule has 0 bridgehead atoms. The van der Waals surface area contributed by atoms with E-state index in [1.54, 1.807) is 0 Å². The van der Waals surface area contributed by atoms with Crippen LogP contribution >= 0.6 is 23.5 Å². The topological polar surface area (TPSA) is 97.4 Å². The Labute approximate surface area is 218 Å². The summed E-state index contributed by atoms with van der Waals surface area (Å²) in [6, 6.07) is 19.5. The summed E-state index contributed by atoms with van der Waals surface area (Å²) in [5.74, 6) is 4.27. The van der Waals surface area contributed by atoms with Gasteiger partial charge in [0.25, 0.3) is 0 Å². The molecule has 6 heteroatoms. The summed E-state index contributed by atoms with van der Waals surface area (Å²) in [4.78, 5) is 0. The standard InChI is InChI=1S/C15H20N2S.C14H14N2S/c1-11-9-13(3-4-14(11)12(2)17)15(10-16)5-7-18-8-6-15;1-11-8-13(3-2-12(11)9-15)14(10-16)4-6-17-7-5-14/h3-4,9,12H,5-8,17H2,1-2H3;2-3,8H,4-7H2,1H3. The second-order valence-corrected chi connectivity index (χ2v) is 12.1. The van der Waals surface area contributed by atoms with Crippen LogP contribution in [0.2, 0.25) is 0 Å². The van der Waals surface area contributed by atoms with Crippen molar-refractivity contribution < 1.29 is 0 Å². The molecule has 1 atom stereocenters. The maximum Gasteiger partial charge on any atom is 0.0994 e. The molecule has 4 nitrogen and oxygen atoms in total. The summed E-state index contributed by atoms with van der Waals surface area (Å²) < 4.78 is 0. The maximum absolute atomic E-state index is 9.58. The number of rotatable bonds is 3. The minimum Gasteiger partial charge on any atom is -0.324 e. The van der Waals surface area contributed by atoms with Crippen molar-refractivity contribution in [3.05, 3.63) is 69.8 Å². The third kappa shape index (κ3) is 6.05. The molecule has 2 fully saturated rings. The van der Waals surface area contributed by atoms with Crippen LogP contribution in [0.15, 0.2) is 36.4 Å². The lowest BCUT2D eigenvalue weighted by atomic mass is 9.76. The lowest BCUT2D eigenvalue weighted by molar-refractivity contribution is 0.507. The highest BCUT2D eigenvalue weighted by Crippen LogP contribution is 2.39. The van der Waals surface area contributed by atoms with Crippen molar-refractivity contribution in [1.29, 1.82) is 15.8 Å². The summed E-state index contributed by atoms with van der Waals surface area (Å²) in [5.41, 5.74) is 11.6. The van der Waals surface area contributed by atoms with Crippen LogP contribution in [0.1, 0.15) is 72.0 Å².